The van der Waals surface area contributed by atoms with Crippen LogP contribution in [0.25, 0.3) is 0 Å². The van der Waals surface area contributed by atoms with E-state index in [0.29, 0.717) is 17.4 Å². The highest BCUT2D eigenvalue weighted by molar-refractivity contribution is 7.45. The first kappa shape index (κ1) is 61.5. The molecule has 0 aliphatic rings. The largest absolute Gasteiger partial charge is 0.756 e. The highest BCUT2D eigenvalue weighted by Gasteiger charge is 2.29. The predicted molar refractivity (Wildman–Crippen MR) is 262 cm³/mol. The zero-order valence-electron chi connectivity index (χ0n) is 42.0. The molecule has 0 spiro atoms. The Morgan fingerprint density at radius 1 is 0.516 bits per heavy atom. The minimum atomic E-state index is -4.66. The van der Waals surface area contributed by atoms with E-state index in [-0.39, 0.29) is 18.9 Å². The van der Waals surface area contributed by atoms with Crippen molar-refractivity contribution in [3.63, 3.8) is 0 Å². The van der Waals surface area contributed by atoms with Gasteiger partial charge < -0.3 is 34.0 Å². The van der Waals surface area contributed by atoms with Gasteiger partial charge in [-0.05, 0) is 12.8 Å². The van der Waals surface area contributed by atoms with E-state index in [1.54, 1.807) is 0 Å². The number of likely N-dealkylation sites (N-methyl/N-ethyl adjacent to an activating group) is 1. The Bertz CT molecular complexity index is 997. The monoisotopic (exact) mass is 903 g/mol. The Morgan fingerprint density at radius 2 is 0.823 bits per heavy atom. The Labute approximate surface area is 385 Å². The number of nitrogens with zero attached hydrogens (tertiary/aromatic N) is 1. The van der Waals surface area contributed by atoms with Gasteiger partial charge in [-0.2, -0.15) is 0 Å². The van der Waals surface area contributed by atoms with E-state index in [1.807, 2.05) is 21.1 Å². The fourth-order valence-electron chi connectivity index (χ4n) is 8.37. The maximum atomic E-state index is 13.0. The third-order valence-corrected chi connectivity index (χ3v) is 13.7. The fraction of sp³-hybridized carbons (Fsp3) is 0.981. The molecular formula is C52H107N2O7P. The minimum Gasteiger partial charge on any atom is -0.756 e. The molecule has 0 aliphatic carbocycles. The summed E-state index contributed by atoms with van der Waals surface area (Å²) in [5.74, 6) is -0.272. The molecular weight excluding hydrogens is 796 g/mol. The summed E-state index contributed by atoms with van der Waals surface area (Å²) in [7, 11) is 1.14. The quantitative estimate of drug-likeness (QED) is 0.0315. The number of quaternary nitrogens is 1. The first-order valence-electron chi connectivity index (χ1n) is 27.0. The SMILES string of the molecule is CCCCCCCCCCCCCCCCCCCCCCCCCCCCC(=O)NC(COP(=O)([O-])OCC[N+](C)(C)C)C(O)C(O)CCCCCCCCCCCCCC. The average molecular weight is 903 g/mol. The molecule has 4 unspecified atom stereocenters. The second kappa shape index (κ2) is 44.3. The van der Waals surface area contributed by atoms with Gasteiger partial charge in [-0.3, -0.25) is 9.36 Å². The van der Waals surface area contributed by atoms with Crippen molar-refractivity contribution < 1.29 is 38.0 Å². The molecule has 62 heavy (non-hydrogen) atoms. The molecule has 4 atom stereocenters. The molecule has 372 valence electrons. The van der Waals surface area contributed by atoms with Crippen LogP contribution in [0.15, 0.2) is 0 Å². The first-order chi connectivity index (χ1) is 29.9. The molecule has 9 nitrogen and oxygen atoms in total. The number of hydrogen-bond donors (Lipinski definition) is 3. The van der Waals surface area contributed by atoms with Gasteiger partial charge >= 0.3 is 0 Å². The fourth-order valence-corrected chi connectivity index (χ4v) is 9.10. The Balaban J connectivity index is 4.17. The zero-order valence-corrected chi connectivity index (χ0v) is 42.9. The van der Waals surface area contributed by atoms with Crippen molar-refractivity contribution in [1.82, 2.24) is 5.32 Å². The number of amides is 1. The van der Waals surface area contributed by atoms with Crippen LogP contribution < -0.4 is 10.2 Å². The van der Waals surface area contributed by atoms with Gasteiger partial charge in [0.05, 0.1) is 39.9 Å². The summed E-state index contributed by atoms with van der Waals surface area (Å²) in [5, 5.41) is 24.7. The Morgan fingerprint density at radius 3 is 1.15 bits per heavy atom. The minimum absolute atomic E-state index is 0.0367. The highest BCUT2D eigenvalue weighted by Crippen LogP contribution is 2.38. The molecule has 0 heterocycles. The average Bonchev–Trinajstić information content (AvgIpc) is 3.23. The zero-order chi connectivity index (χ0) is 45.8. The van der Waals surface area contributed by atoms with Gasteiger partial charge in [0.2, 0.25) is 5.91 Å². The lowest BCUT2D eigenvalue weighted by Crippen LogP contribution is -2.51. The second-order valence-electron chi connectivity index (χ2n) is 20.1. The summed E-state index contributed by atoms with van der Waals surface area (Å²) >= 11 is 0. The van der Waals surface area contributed by atoms with Gasteiger partial charge in [-0.25, -0.2) is 0 Å². The lowest BCUT2D eigenvalue weighted by Gasteiger charge is -2.31. The number of aliphatic hydroxyl groups is 2. The lowest BCUT2D eigenvalue weighted by molar-refractivity contribution is -0.870. The molecule has 0 fully saturated rings. The number of phosphoric ester groups is 1. The summed E-state index contributed by atoms with van der Waals surface area (Å²) in [6.45, 7) is 4.47. The van der Waals surface area contributed by atoms with Gasteiger partial charge in [0.25, 0.3) is 7.82 Å². The maximum absolute atomic E-state index is 13.0. The summed E-state index contributed by atoms with van der Waals surface area (Å²) < 4.78 is 23.2. The number of hydrogen-bond acceptors (Lipinski definition) is 7. The van der Waals surface area contributed by atoms with E-state index in [0.717, 1.165) is 38.5 Å². The predicted octanol–water partition coefficient (Wildman–Crippen LogP) is 14.0. The van der Waals surface area contributed by atoms with E-state index in [4.69, 9.17) is 9.05 Å². The molecule has 3 N–H and O–H groups in total. The number of carbonyl (C=O) groups is 1. The third kappa shape index (κ3) is 44.7. The summed E-state index contributed by atoms with van der Waals surface area (Å²) in [6.07, 6.45) is 47.3. The molecule has 0 aromatic rings. The van der Waals surface area contributed by atoms with Crippen LogP contribution in [-0.4, -0.2) is 79.8 Å². The van der Waals surface area contributed by atoms with Crippen LogP contribution in [-0.2, 0) is 18.4 Å². The number of nitrogens with one attached hydrogen (secondary N) is 1. The van der Waals surface area contributed by atoms with Crippen molar-refractivity contribution in [2.75, 3.05) is 40.9 Å². The van der Waals surface area contributed by atoms with Crippen LogP contribution >= 0.6 is 7.82 Å². The van der Waals surface area contributed by atoms with Gasteiger partial charge in [0.15, 0.2) is 0 Å². The molecule has 0 radical (unpaired) electrons. The van der Waals surface area contributed by atoms with E-state index in [9.17, 15) is 24.5 Å². The van der Waals surface area contributed by atoms with Crippen LogP contribution in [0.4, 0.5) is 0 Å². The second-order valence-corrected chi connectivity index (χ2v) is 21.5. The van der Waals surface area contributed by atoms with Crippen LogP contribution in [0.1, 0.15) is 271 Å². The number of unbranched alkanes of at least 4 members (excludes halogenated alkanes) is 36. The van der Waals surface area contributed by atoms with E-state index in [1.165, 1.54) is 205 Å². The maximum Gasteiger partial charge on any atom is 0.268 e. The number of aliphatic hydroxyl groups excluding tert-OH is 2. The molecule has 1 amide bonds. The molecule has 0 aliphatic heterocycles. The van der Waals surface area contributed by atoms with Crippen molar-refractivity contribution in [3.8, 4) is 0 Å². The molecule has 0 saturated heterocycles. The van der Waals surface area contributed by atoms with Gasteiger partial charge in [-0.15, -0.1) is 0 Å². The molecule has 0 rings (SSSR count). The summed E-state index contributed by atoms with van der Waals surface area (Å²) in [6, 6.07) is -1.07. The summed E-state index contributed by atoms with van der Waals surface area (Å²) in [4.78, 5) is 25.5. The molecule has 10 heteroatoms. The van der Waals surface area contributed by atoms with Crippen molar-refractivity contribution in [2.24, 2.45) is 0 Å². The van der Waals surface area contributed by atoms with E-state index in [2.05, 4.69) is 19.2 Å². The first-order valence-corrected chi connectivity index (χ1v) is 28.4. The van der Waals surface area contributed by atoms with Crippen LogP contribution in [0.3, 0.4) is 0 Å². The van der Waals surface area contributed by atoms with Gasteiger partial charge in [0.1, 0.15) is 19.3 Å². The van der Waals surface area contributed by atoms with Crippen LogP contribution in [0, 0.1) is 0 Å². The topological polar surface area (TPSA) is 128 Å². The Hall–Kier alpha value is -0.540. The van der Waals surface area contributed by atoms with Crippen molar-refractivity contribution in [1.29, 1.82) is 0 Å². The van der Waals surface area contributed by atoms with Crippen LogP contribution in [0.2, 0.25) is 0 Å². The molecule has 0 saturated carbocycles. The van der Waals surface area contributed by atoms with Gasteiger partial charge in [-0.1, -0.05) is 251 Å². The normalized spacial score (nSPS) is 14.5. The van der Waals surface area contributed by atoms with Crippen molar-refractivity contribution in [3.05, 3.63) is 0 Å². The van der Waals surface area contributed by atoms with Crippen molar-refractivity contribution in [2.45, 2.75) is 289 Å². The number of rotatable bonds is 50. The number of carbonyl (C=O) groups excluding carboxylic acids is 1. The molecule has 0 aromatic heterocycles. The smallest absolute Gasteiger partial charge is 0.268 e. The lowest BCUT2D eigenvalue weighted by atomic mass is 9.99. The van der Waals surface area contributed by atoms with Gasteiger partial charge in [0, 0.05) is 6.42 Å². The third-order valence-electron chi connectivity index (χ3n) is 12.7. The number of phosphoric acid groups is 1. The highest BCUT2D eigenvalue weighted by atomic mass is 31.2. The molecule has 0 bridgehead atoms. The Kier molecular flexibility index (Phi) is 43.9. The van der Waals surface area contributed by atoms with Crippen molar-refractivity contribution >= 4 is 13.7 Å². The standard InChI is InChI=1S/C52H107N2O7P/c1-6-8-10-12-14-16-18-20-21-22-23-24-25-26-27-28-29-30-31-32-33-35-37-39-41-43-45-51(56)53-49(48-61-62(58,59)60-47-46-54(3,4)5)52(57)50(55)44-42-40-38-36-34-19-17-15-13-11-9-7-2/h49-50,52,55,57H,6-48H2,1-5H3,(H-,53,56,58,59). The summed E-state index contributed by atoms with van der Waals surface area (Å²) in [5.41, 5.74) is 0. The van der Waals surface area contributed by atoms with E-state index < -0.39 is 32.7 Å². The van der Waals surface area contributed by atoms with Crippen LogP contribution in [0.5, 0.6) is 0 Å². The van der Waals surface area contributed by atoms with E-state index >= 15 is 0 Å². The molecule has 0 aromatic carbocycles.